The molecule has 9 heteroatoms. The fourth-order valence-corrected chi connectivity index (χ4v) is 3.85. The van der Waals surface area contributed by atoms with Crippen LogP contribution < -0.4 is 4.72 Å². The van der Waals surface area contributed by atoms with Crippen molar-refractivity contribution < 1.29 is 31.5 Å². The van der Waals surface area contributed by atoms with Crippen LogP contribution in [0.3, 0.4) is 0 Å². The van der Waals surface area contributed by atoms with Crippen LogP contribution >= 0.6 is 0 Å². The van der Waals surface area contributed by atoms with E-state index in [0.29, 0.717) is 12.8 Å². The molecule has 0 bridgehead atoms. The first-order valence-electron chi connectivity index (χ1n) is 6.90. The number of halogens is 3. The van der Waals surface area contributed by atoms with Gasteiger partial charge in [-0.2, -0.15) is 13.2 Å². The van der Waals surface area contributed by atoms with Gasteiger partial charge in [0.1, 0.15) is 6.04 Å². The Bertz CT molecular complexity index is 444. The Labute approximate surface area is 122 Å². The van der Waals surface area contributed by atoms with Gasteiger partial charge in [0.25, 0.3) is 0 Å². The van der Waals surface area contributed by atoms with E-state index >= 15 is 0 Å². The van der Waals surface area contributed by atoms with Crippen molar-refractivity contribution in [2.75, 3.05) is 5.75 Å². The smallest absolute Gasteiger partial charge is 0.389 e. The summed E-state index contributed by atoms with van der Waals surface area (Å²) in [6.45, 7) is 0. The second-order valence-corrected chi connectivity index (χ2v) is 7.24. The molecule has 0 saturated heterocycles. The Hall–Kier alpha value is -0.830. The molecule has 0 aromatic heterocycles. The molecule has 1 aliphatic rings. The van der Waals surface area contributed by atoms with Gasteiger partial charge in [-0.15, -0.1) is 0 Å². The summed E-state index contributed by atoms with van der Waals surface area (Å²) in [5.41, 5.74) is 0. The lowest BCUT2D eigenvalue weighted by Gasteiger charge is -2.27. The van der Waals surface area contributed by atoms with Crippen LogP contribution in [0.15, 0.2) is 0 Å². The van der Waals surface area contributed by atoms with Gasteiger partial charge in [-0.05, 0) is 25.2 Å². The molecule has 1 unspecified atom stereocenters. The molecule has 1 saturated carbocycles. The number of carboxylic acid groups (broad SMARTS) is 1. The number of alkyl halides is 3. The zero-order chi connectivity index (χ0) is 16.1. The maximum atomic E-state index is 12.0. The largest absolute Gasteiger partial charge is 0.480 e. The predicted molar refractivity (Wildman–Crippen MR) is 70.2 cm³/mol. The van der Waals surface area contributed by atoms with Gasteiger partial charge in [-0.1, -0.05) is 19.3 Å². The lowest BCUT2D eigenvalue weighted by Crippen LogP contribution is -2.47. The number of sulfonamides is 1. The first-order valence-corrected chi connectivity index (χ1v) is 8.55. The third-order valence-corrected chi connectivity index (χ3v) is 5.01. The molecule has 5 nitrogen and oxygen atoms in total. The first-order chi connectivity index (χ1) is 9.61. The highest BCUT2D eigenvalue weighted by molar-refractivity contribution is 7.89. The van der Waals surface area contributed by atoms with Gasteiger partial charge in [-0.3, -0.25) is 4.79 Å². The van der Waals surface area contributed by atoms with Crippen LogP contribution in [0.25, 0.3) is 0 Å². The van der Waals surface area contributed by atoms with Gasteiger partial charge < -0.3 is 5.11 Å². The van der Waals surface area contributed by atoms with Gasteiger partial charge >= 0.3 is 12.1 Å². The molecule has 1 rings (SSSR count). The molecule has 0 aromatic carbocycles. The molecule has 0 amide bonds. The maximum absolute atomic E-state index is 12.0. The van der Waals surface area contributed by atoms with E-state index in [1.807, 2.05) is 0 Å². The molecule has 0 aliphatic heterocycles. The quantitative estimate of drug-likeness (QED) is 0.750. The van der Waals surface area contributed by atoms with Crippen molar-refractivity contribution in [3.8, 4) is 0 Å². The third kappa shape index (κ3) is 7.12. The highest BCUT2D eigenvalue weighted by atomic mass is 32.2. The summed E-state index contributed by atoms with van der Waals surface area (Å²) in [6, 6.07) is -1.25. The van der Waals surface area contributed by atoms with Crippen LogP contribution in [0.2, 0.25) is 0 Å². The first kappa shape index (κ1) is 18.2. The zero-order valence-corrected chi connectivity index (χ0v) is 12.3. The second kappa shape index (κ2) is 7.44. The standard InChI is InChI=1S/C12H20F3NO4S/c13-12(14,15)7-4-8-21(19,20)16-10(11(17)18)9-5-2-1-3-6-9/h9-10,16H,1-8H2,(H,17,18). The van der Waals surface area contributed by atoms with E-state index < -0.39 is 46.8 Å². The van der Waals surface area contributed by atoms with Gasteiger partial charge in [0.15, 0.2) is 0 Å². The number of nitrogens with one attached hydrogen (secondary N) is 1. The van der Waals surface area contributed by atoms with E-state index in [9.17, 15) is 26.4 Å². The van der Waals surface area contributed by atoms with Crippen LogP contribution in [0.5, 0.6) is 0 Å². The van der Waals surface area contributed by atoms with Crippen molar-refractivity contribution in [2.24, 2.45) is 5.92 Å². The lowest BCUT2D eigenvalue weighted by molar-refractivity contribution is -0.141. The van der Waals surface area contributed by atoms with E-state index in [1.54, 1.807) is 0 Å². The number of aliphatic carboxylic acids is 1. The summed E-state index contributed by atoms with van der Waals surface area (Å²) in [5, 5.41) is 9.14. The number of carboxylic acids is 1. The normalized spacial score (nSPS) is 19.4. The number of carbonyl (C=O) groups is 1. The molecule has 0 radical (unpaired) electrons. The minimum Gasteiger partial charge on any atom is -0.480 e. The van der Waals surface area contributed by atoms with Gasteiger partial charge in [-0.25, -0.2) is 13.1 Å². The van der Waals surface area contributed by atoms with Crippen molar-refractivity contribution in [2.45, 2.75) is 57.2 Å². The minimum atomic E-state index is -4.41. The monoisotopic (exact) mass is 331 g/mol. The summed E-state index contributed by atoms with van der Waals surface area (Å²) in [7, 11) is -4.03. The predicted octanol–water partition coefficient (Wildman–Crippen LogP) is 2.28. The average molecular weight is 331 g/mol. The molecule has 21 heavy (non-hydrogen) atoms. The SMILES string of the molecule is O=C(O)C(NS(=O)(=O)CCCC(F)(F)F)C1CCCCC1. The van der Waals surface area contributed by atoms with Crippen LogP contribution in [0, 0.1) is 5.92 Å². The molecule has 124 valence electrons. The molecule has 1 fully saturated rings. The van der Waals surface area contributed by atoms with Crippen LogP contribution in [0.4, 0.5) is 13.2 Å². The van der Waals surface area contributed by atoms with Crippen LogP contribution in [-0.2, 0) is 14.8 Å². The van der Waals surface area contributed by atoms with Crippen molar-refractivity contribution >= 4 is 16.0 Å². The van der Waals surface area contributed by atoms with E-state index in [0.717, 1.165) is 19.3 Å². The molecular weight excluding hydrogens is 311 g/mol. The van der Waals surface area contributed by atoms with E-state index in [4.69, 9.17) is 5.11 Å². The topological polar surface area (TPSA) is 83.5 Å². The highest BCUT2D eigenvalue weighted by Crippen LogP contribution is 2.27. The summed E-state index contributed by atoms with van der Waals surface area (Å²) in [5.74, 6) is -2.29. The summed E-state index contributed by atoms with van der Waals surface area (Å²) < 4.78 is 61.5. The number of rotatable bonds is 7. The third-order valence-electron chi connectivity index (χ3n) is 3.57. The van der Waals surface area contributed by atoms with Crippen molar-refractivity contribution in [3.05, 3.63) is 0 Å². The highest BCUT2D eigenvalue weighted by Gasteiger charge is 2.33. The maximum Gasteiger partial charge on any atom is 0.389 e. The molecule has 2 N–H and O–H groups in total. The lowest BCUT2D eigenvalue weighted by atomic mass is 9.84. The zero-order valence-electron chi connectivity index (χ0n) is 11.5. The molecule has 0 aromatic rings. The molecule has 1 atom stereocenters. The number of hydrogen-bond donors (Lipinski definition) is 2. The summed E-state index contributed by atoms with van der Waals surface area (Å²) in [4.78, 5) is 11.2. The van der Waals surface area contributed by atoms with Crippen molar-refractivity contribution in [1.82, 2.24) is 4.72 Å². The minimum absolute atomic E-state index is 0.298. The fraction of sp³-hybridized carbons (Fsp3) is 0.917. The van der Waals surface area contributed by atoms with Gasteiger partial charge in [0.2, 0.25) is 10.0 Å². The Kier molecular flexibility index (Phi) is 6.45. The van der Waals surface area contributed by atoms with Gasteiger partial charge in [0, 0.05) is 6.42 Å². The molecule has 0 spiro atoms. The Balaban J connectivity index is 2.58. The Morgan fingerprint density at radius 3 is 2.29 bits per heavy atom. The molecule has 0 heterocycles. The van der Waals surface area contributed by atoms with E-state index in [-0.39, 0.29) is 5.92 Å². The summed E-state index contributed by atoms with van der Waals surface area (Å²) >= 11 is 0. The van der Waals surface area contributed by atoms with Crippen LogP contribution in [-0.4, -0.2) is 37.5 Å². The number of hydrogen-bond acceptors (Lipinski definition) is 3. The Morgan fingerprint density at radius 2 is 1.81 bits per heavy atom. The van der Waals surface area contributed by atoms with Crippen LogP contribution in [0.1, 0.15) is 44.9 Å². The fourth-order valence-electron chi connectivity index (χ4n) is 2.53. The van der Waals surface area contributed by atoms with Crippen molar-refractivity contribution in [3.63, 3.8) is 0 Å². The molecular formula is C12H20F3NO4S. The van der Waals surface area contributed by atoms with E-state index in [1.165, 1.54) is 0 Å². The Morgan fingerprint density at radius 1 is 1.24 bits per heavy atom. The second-order valence-electron chi connectivity index (χ2n) is 5.37. The summed E-state index contributed by atoms with van der Waals surface area (Å²) in [6.07, 6.45) is -2.30. The molecule has 1 aliphatic carbocycles. The van der Waals surface area contributed by atoms with E-state index in [2.05, 4.69) is 4.72 Å². The average Bonchev–Trinajstić information content (AvgIpc) is 2.35. The van der Waals surface area contributed by atoms with Gasteiger partial charge in [0.05, 0.1) is 5.75 Å². The van der Waals surface area contributed by atoms with Crippen molar-refractivity contribution in [1.29, 1.82) is 0 Å².